The zero-order chi connectivity index (χ0) is 52.4. The summed E-state index contributed by atoms with van der Waals surface area (Å²) in [6.45, 7) is 29.1. The van der Waals surface area contributed by atoms with Gasteiger partial charge in [-0.25, -0.2) is 38.4 Å². The van der Waals surface area contributed by atoms with E-state index in [9.17, 15) is 38.4 Å². The number of nitrogens with one attached hydrogen (secondary N) is 4. The number of carboxylic acids is 1. The number of carbonyl (C=O) groups is 8. The summed E-state index contributed by atoms with van der Waals surface area (Å²) in [5, 5.41) is 19.5. The first-order chi connectivity index (χ1) is 30.5. The summed E-state index contributed by atoms with van der Waals surface area (Å²) in [7, 11) is 3.98. The van der Waals surface area contributed by atoms with E-state index in [1.165, 1.54) is 21.3 Å². The molecule has 0 aromatic heterocycles. The maximum atomic E-state index is 11.7. The third-order valence-electron chi connectivity index (χ3n) is 11.3. The van der Waals surface area contributed by atoms with Gasteiger partial charge < -0.3 is 65.0 Å². The van der Waals surface area contributed by atoms with Crippen LogP contribution in [0.1, 0.15) is 170 Å². The van der Waals surface area contributed by atoms with E-state index in [2.05, 4.69) is 21.3 Å². The van der Waals surface area contributed by atoms with Gasteiger partial charge in [0, 0.05) is 0 Å². The van der Waals surface area contributed by atoms with Crippen molar-refractivity contribution in [2.45, 2.75) is 214 Å². The van der Waals surface area contributed by atoms with Crippen LogP contribution in [0.4, 0.5) is 19.2 Å². The standard InChI is InChI=1S/3C12H21NO4.C11H19NO4.CH4.Na.H2O/c3*1-6-8-7-12(8,9(14)16-5)13-10(15)17-11(2,3)4;1-5-7-6-11(7,8(13)14)12-9(15)16-10(2,3)4;;;/h3*8H,6-7H2,1-5H3,(H,13,15);7H,5-6H2,1-4H3,(H,12,15)(H,13,14);1H4;;1H2/q;;;;;+1;/p-1/t8?,12-;8-,12+;;7?,11-;;;/m00.0.../s1. The van der Waals surface area contributed by atoms with Crippen molar-refractivity contribution in [3.05, 3.63) is 0 Å². The molecule has 0 aliphatic heterocycles. The molecule has 4 saturated carbocycles. The van der Waals surface area contributed by atoms with Crippen molar-refractivity contribution < 1.29 is 112 Å². The molecule has 4 amide bonds. The minimum absolute atomic E-state index is 0. The molecule has 4 rings (SSSR count). The largest absolute Gasteiger partial charge is 1.00 e. The number of carboxylic acid groups (broad SMARTS) is 1. The Labute approximate surface area is 438 Å². The molecular weight excluding hydrogens is 928 g/mol. The quantitative estimate of drug-likeness (QED) is 0.0998. The van der Waals surface area contributed by atoms with Crippen LogP contribution in [0.15, 0.2) is 0 Å². The van der Waals surface area contributed by atoms with Gasteiger partial charge in [0.05, 0.1) is 21.3 Å². The number of methoxy groups -OCH3 is 3. The Balaban J connectivity index is -0.000000843. The van der Waals surface area contributed by atoms with Gasteiger partial charge in [-0.05, 0) is 132 Å². The van der Waals surface area contributed by atoms with Crippen LogP contribution in [0.5, 0.6) is 0 Å². The first kappa shape index (κ1) is 70.2. The van der Waals surface area contributed by atoms with Crippen LogP contribution < -0.4 is 50.8 Å². The van der Waals surface area contributed by atoms with Crippen molar-refractivity contribution in [2.24, 2.45) is 23.7 Å². The number of esters is 3. The Morgan fingerprint density at radius 2 is 0.600 bits per heavy atom. The first-order valence-electron chi connectivity index (χ1n) is 23.0. The molecular formula is C48H87N4NaO17. The fourth-order valence-corrected chi connectivity index (χ4v) is 7.61. The van der Waals surface area contributed by atoms with Crippen LogP contribution >= 0.6 is 0 Å². The smallest absolute Gasteiger partial charge is 0.870 e. The maximum Gasteiger partial charge on any atom is 1.00 e. The number of rotatable bonds is 12. The van der Waals surface area contributed by atoms with Gasteiger partial charge in [0.2, 0.25) is 0 Å². The van der Waals surface area contributed by atoms with E-state index in [-0.39, 0.29) is 66.1 Å². The van der Waals surface area contributed by atoms with E-state index < -0.39 is 92.8 Å². The van der Waals surface area contributed by atoms with Gasteiger partial charge in [0.15, 0.2) is 0 Å². The molecule has 0 aromatic rings. The van der Waals surface area contributed by atoms with Crippen LogP contribution in [0, 0.1) is 23.7 Å². The van der Waals surface area contributed by atoms with Crippen molar-refractivity contribution in [1.29, 1.82) is 0 Å². The molecule has 21 nitrogen and oxygen atoms in total. The van der Waals surface area contributed by atoms with Crippen molar-refractivity contribution in [2.75, 3.05) is 21.3 Å². The summed E-state index contributed by atoms with van der Waals surface area (Å²) in [4.78, 5) is 92.6. The number of amides is 4. The average molecular weight is 1020 g/mol. The van der Waals surface area contributed by atoms with Gasteiger partial charge in [-0.3, -0.25) is 0 Å². The van der Waals surface area contributed by atoms with Crippen molar-refractivity contribution in [1.82, 2.24) is 21.3 Å². The Hall–Kier alpha value is -4.08. The summed E-state index contributed by atoms with van der Waals surface area (Å²) in [5.74, 6) is -1.73. The topological polar surface area (TPSA) is 300 Å². The van der Waals surface area contributed by atoms with Crippen molar-refractivity contribution >= 4 is 48.3 Å². The molecule has 0 bridgehead atoms. The number of alkyl carbamates (subject to hydrolysis) is 4. The van der Waals surface area contributed by atoms with E-state index in [4.69, 9.17) is 38.3 Å². The summed E-state index contributed by atoms with van der Waals surface area (Å²) in [6.07, 6.45) is 3.18. The summed E-state index contributed by atoms with van der Waals surface area (Å²) >= 11 is 0. The number of carbonyl (C=O) groups excluding carboxylic acids is 7. The van der Waals surface area contributed by atoms with E-state index in [1.807, 2.05) is 27.7 Å². The third kappa shape index (κ3) is 20.9. The van der Waals surface area contributed by atoms with Gasteiger partial charge in [-0.2, -0.15) is 0 Å². The van der Waals surface area contributed by atoms with Crippen molar-refractivity contribution in [3.63, 3.8) is 0 Å². The summed E-state index contributed by atoms with van der Waals surface area (Å²) in [6, 6.07) is 0. The molecule has 70 heavy (non-hydrogen) atoms. The van der Waals surface area contributed by atoms with Crippen LogP contribution in [-0.4, -0.2) is 125 Å². The molecule has 22 heteroatoms. The first-order valence-corrected chi connectivity index (χ1v) is 23.0. The SMILES string of the molecule is C.CCC1CC1(NC(=O)OC(C)(C)C)C(=O)OC.CCC1C[C@@]1(NC(=O)OC(C)(C)C)C(=O)O.CCC1C[C@@]1(NC(=O)OC(C)(C)C)C(=O)OC.CC[C@H]1C[C@]1(NC(=O)OC(C)(C)C)C(=O)OC.[Na+].[OH-]. The summed E-state index contributed by atoms with van der Waals surface area (Å²) < 4.78 is 34.7. The number of aliphatic carboxylic acids is 1. The van der Waals surface area contributed by atoms with Gasteiger partial charge in [0.25, 0.3) is 0 Å². The number of hydrogen-bond acceptors (Lipinski definition) is 16. The second kappa shape index (κ2) is 27.1. The van der Waals surface area contributed by atoms with E-state index >= 15 is 0 Å². The molecule has 0 heterocycles. The Bertz CT molecular complexity index is 1640. The predicted molar refractivity (Wildman–Crippen MR) is 254 cm³/mol. The Kier molecular flexibility index (Phi) is 27.2. The molecule has 4 aliphatic rings. The van der Waals surface area contributed by atoms with Crippen LogP contribution in [0.3, 0.4) is 0 Å². The Morgan fingerprint density at radius 1 is 0.429 bits per heavy atom. The number of hydrogen-bond donors (Lipinski definition) is 5. The molecule has 0 spiro atoms. The molecule has 0 saturated heterocycles. The zero-order valence-corrected chi connectivity index (χ0v) is 47.0. The average Bonchev–Trinajstić information content (AvgIpc) is 4.05. The van der Waals surface area contributed by atoms with Crippen LogP contribution in [-0.2, 0) is 52.3 Å². The molecule has 0 aromatic carbocycles. The van der Waals surface area contributed by atoms with E-state index in [1.54, 1.807) is 83.1 Å². The fraction of sp³-hybridized carbons (Fsp3) is 0.833. The number of ether oxygens (including phenoxy) is 7. The van der Waals surface area contributed by atoms with Gasteiger partial charge in [0.1, 0.15) is 44.6 Å². The minimum Gasteiger partial charge on any atom is -0.870 e. The van der Waals surface area contributed by atoms with Gasteiger partial charge >= 0.3 is 77.8 Å². The predicted octanol–water partition coefficient (Wildman–Crippen LogP) is 4.79. The van der Waals surface area contributed by atoms with Gasteiger partial charge in [-0.1, -0.05) is 60.8 Å². The molecule has 4 aliphatic carbocycles. The van der Waals surface area contributed by atoms with Crippen LogP contribution in [0.25, 0.3) is 0 Å². The maximum absolute atomic E-state index is 11.7. The monoisotopic (exact) mass is 1010 g/mol. The van der Waals surface area contributed by atoms with E-state index in [0.29, 0.717) is 25.7 Å². The fourth-order valence-electron chi connectivity index (χ4n) is 7.61. The molecule has 6 N–H and O–H groups in total. The molecule has 0 radical (unpaired) electrons. The van der Waals surface area contributed by atoms with Gasteiger partial charge in [-0.15, -0.1) is 0 Å². The normalized spacial score (nSPS) is 26.3. The second-order valence-corrected chi connectivity index (χ2v) is 21.4. The van der Waals surface area contributed by atoms with Crippen LogP contribution in [0.2, 0.25) is 0 Å². The molecule has 4 unspecified atom stereocenters. The molecule has 8 atom stereocenters. The third-order valence-corrected chi connectivity index (χ3v) is 11.3. The summed E-state index contributed by atoms with van der Waals surface area (Å²) in [5.41, 5.74) is -6.03. The Morgan fingerprint density at radius 3 is 0.729 bits per heavy atom. The molecule has 402 valence electrons. The van der Waals surface area contributed by atoms with Crippen molar-refractivity contribution in [3.8, 4) is 0 Å². The zero-order valence-electron chi connectivity index (χ0n) is 45.0. The second-order valence-electron chi connectivity index (χ2n) is 21.4. The minimum atomic E-state index is -1.10. The molecule has 4 fully saturated rings. The van der Waals surface area contributed by atoms with E-state index in [0.717, 1.165) is 25.7 Å².